The van der Waals surface area contributed by atoms with Gasteiger partial charge in [-0.2, -0.15) is 5.26 Å². The van der Waals surface area contributed by atoms with E-state index in [-0.39, 0.29) is 5.82 Å². The van der Waals surface area contributed by atoms with Crippen molar-refractivity contribution < 1.29 is 4.39 Å². The maximum Gasteiger partial charge on any atom is 0.146 e. The molecule has 0 N–H and O–H groups in total. The van der Waals surface area contributed by atoms with E-state index >= 15 is 0 Å². The molecule has 0 fully saturated rings. The Hall–Kier alpha value is -2.41. The number of rotatable bonds is 3. The first kappa shape index (κ1) is 13.6. The molecule has 1 aliphatic carbocycles. The number of aromatic nitrogens is 1. The first-order valence-electron chi connectivity index (χ1n) is 7.06. The minimum Gasteiger partial charge on any atom is -0.354 e. The van der Waals surface area contributed by atoms with Crippen molar-refractivity contribution in [3.63, 3.8) is 0 Å². The highest BCUT2D eigenvalue weighted by atomic mass is 19.1. The Labute approximate surface area is 123 Å². The lowest BCUT2D eigenvalue weighted by Crippen LogP contribution is -2.19. The Morgan fingerprint density at radius 3 is 2.76 bits per heavy atom. The summed E-state index contributed by atoms with van der Waals surface area (Å²) in [5.41, 5.74) is 3.91. The molecule has 1 aliphatic rings. The highest BCUT2D eigenvalue weighted by Gasteiger charge is 2.18. The van der Waals surface area contributed by atoms with E-state index in [4.69, 9.17) is 0 Å². The highest BCUT2D eigenvalue weighted by molar-refractivity contribution is 5.56. The molecule has 0 amide bonds. The van der Waals surface area contributed by atoms with E-state index in [1.807, 2.05) is 18.0 Å². The van der Waals surface area contributed by atoms with Crippen LogP contribution in [0.4, 0.5) is 10.2 Å². The number of pyridine rings is 1. The van der Waals surface area contributed by atoms with Crippen LogP contribution in [0.1, 0.15) is 28.8 Å². The Kier molecular flexibility index (Phi) is 3.57. The van der Waals surface area contributed by atoms with Crippen molar-refractivity contribution in [2.45, 2.75) is 25.8 Å². The van der Waals surface area contributed by atoms with E-state index in [0.717, 1.165) is 30.5 Å². The van der Waals surface area contributed by atoms with Crippen molar-refractivity contribution >= 4 is 5.82 Å². The number of benzene rings is 1. The fourth-order valence-electron chi connectivity index (χ4n) is 2.77. The normalized spacial score (nSPS) is 12.8. The van der Waals surface area contributed by atoms with Gasteiger partial charge in [0, 0.05) is 19.3 Å². The molecule has 0 aliphatic heterocycles. The average molecular weight is 281 g/mol. The van der Waals surface area contributed by atoms with Gasteiger partial charge < -0.3 is 4.90 Å². The van der Waals surface area contributed by atoms with Gasteiger partial charge in [0.2, 0.25) is 0 Å². The van der Waals surface area contributed by atoms with Gasteiger partial charge in [0.25, 0.3) is 0 Å². The SMILES string of the molecule is CN(Cc1ccc(F)cc1)c1nc2c(cc1C#N)CCC2. The van der Waals surface area contributed by atoms with Crippen molar-refractivity contribution in [2.75, 3.05) is 11.9 Å². The predicted octanol–water partition coefficient (Wildman–Crippen LogP) is 3.22. The van der Waals surface area contributed by atoms with Crippen molar-refractivity contribution in [2.24, 2.45) is 0 Å². The van der Waals surface area contributed by atoms with E-state index in [1.165, 1.54) is 17.7 Å². The van der Waals surface area contributed by atoms with Crippen LogP contribution in [0.5, 0.6) is 0 Å². The second kappa shape index (κ2) is 5.53. The zero-order valence-corrected chi connectivity index (χ0v) is 11.9. The summed E-state index contributed by atoms with van der Waals surface area (Å²) in [6.45, 7) is 0.598. The molecule has 21 heavy (non-hydrogen) atoms. The van der Waals surface area contributed by atoms with Crippen molar-refractivity contribution in [1.82, 2.24) is 4.98 Å². The Morgan fingerprint density at radius 2 is 2.05 bits per heavy atom. The highest BCUT2D eigenvalue weighted by Crippen LogP contribution is 2.27. The van der Waals surface area contributed by atoms with Crippen molar-refractivity contribution in [3.05, 3.63) is 58.5 Å². The van der Waals surface area contributed by atoms with Crippen LogP contribution in [-0.4, -0.2) is 12.0 Å². The van der Waals surface area contributed by atoms with Crippen LogP contribution in [0, 0.1) is 17.1 Å². The second-order valence-electron chi connectivity index (χ2n) is 5.41. The average Bonchev–Trinajstić information content (AvgIpc) is 2.95. The van der Waals surface area contributed by atoms with E-state index in [1.54, 1.807) is 12.1 Å². The van der Waals surface area contributed by atoms with Gasteiger partial charge in [0.05, 0.1) is 5.56 Å². The zero-order valence-electron chi connectivity index (χ0n) is 11.9. The van der Waals surface area contributed by atoms with Crippen LogP contribution in [0.3, 0.4) is 0 Å². The van der Waals surface area contributed by atoms with Crippen LogP contribution in [-0.2, 0) is 19.4 Å². The van der Waals surface area contributed by atoms with Crippen molar-refractivity contribution in [3.8, 4) is 6.07 Å². The van der Waals surface area contributed by atoms with Crippen LogP contribution < -0.4 is 4.90 Å². The number of anilines is 1. The molecular weight excluding hydrogens is 265 g/mol. The molecule has 2 aromatic rings. The van der Waals surface area contributed by atoms with Gasteiger partial charge in [0.1, 0.15) is 17.7 Å². The van der Waals surface area contributed by atoms with Gasteiger partial charge >= 0.3 is 0 Å². The van der Waals surface area contributed by atoms with Gasteiger partial charge in [-0.05, 0) is 48.6 Å². The molecule has 3 rings (SSSR count). The van der Waals surface area contributed by atoms with Crippen molar-refractivity contribution in [1.29, 1.82) is 5.26 Å². The molecule has 0 atom stereocenters. The number of nitriles is 1. The maximum atomic E-state index is 12.9. The number of halogens is 1. The fourth-order valence-corrected chi connectivity index (χ4v) is 2.77. The predicted molar refractivity (Wildman–Crippen MR) is 79.5 cm³/mol. The quantitative estimate of drug-likeness (QED) is 0.867. The van der Waals surface area contributed by atoms with Gasteiger partial charge in [-0.3, -0.25) is 0 Å². The third-order valence-electron chi connectivity index (χ3n) is 3.85. The molecule has 0 unspecified atom stereocenters. The zero-order chi connectivity index (χ0) is 14.8. The molecule has 0 radical (unpaired) electrons. The minimum absolute atomic E-state index is 0.241. The minimum atomic E-state index is -0.241. The first-order valence-corrected chi connectivity index (χ1v) is 7.06. The van der Waals surface area contributed by atoms with Crippen LogP contribution in [0.15, 0.2) is 30.3 Å². The number of aryl methyl sites for hydroxylation is 2. The Balaban J connectivity index is 1.89. The topological polar surface area (TPSA) is 39.9 Å². The number of fused-ring (bicyclic) bond motifs is 1. The summed E-state index contributed by atoms with van der Waals surface area (Å²) in [7, 11) is 1.91. The first-order chi connectivity index (χ1) is 10.2. The maximum absolute atomic E-state index is 12.9. The van der Waals surface area contributed by atoms with E-state index in [0.29, 0.717) is 17.9 Å². The summed E-state index contributed by atoms with van der Waals surface area (Å²) < 4.78 is 12.9. The molecule has 0 saturated carbocycles. The molecule has 3 nitrogen and oxygen atoms in total. The summed E-state index contributed by atoms with van der Waals surface area (Å²) in [4.78, 5) is 6.62. The molecule has 0 saturated heterocycles. The molecule has 0 bridgehead atoms. The molecule has 1 heterocycles. The fraction of sp³-hybridized carbons (Fsp3) is 0.294. The Morgan fingerprint density at radius 1 is 1.29 bits per heavy atom. The summed E-state index contributed by atoms with van der Waals surface area (Å²) in [5, 5.41) is 9.33. The van der Waals surface area contributed by atoms with E-state index < -0.39 is 0 Å². The molecule has 4 heteroatoms. The second-order valence-corrected chi connectivity index (χ2v) is 5.41. The molecule has 1 aromatic heterocycles. The monoisotopic (exact) mass is 281 g/mol. The smallest absolute Gasteiger partial charge is 0.146 e. The molecule has 1 aromatic carbocycles. The third-order valence-corrected chi connectivity index (χ3v) is 3.85. The van der Waals surface area contributed by atoms with E-state index in [9.17, 15) is 9.65 Å². The van der Waals surface area contributed by atoms with Crippen LogP contribution in [0.2, 0.25) is 0 Å². The lowest BCUT2D eigenvalue weighted by atomic mass is 10.1. The molecule has 0 spiro atoms. The summed E-state index contributed by atoms with van der Waals surface area (Å²) in [6, 6.07) is 10.6. The lowest BCUT2D eigenvalue weighted by Gasteiger charge is -2.20. The summed E-state index contributed by atoms with van der Waals surface area (Å²) in [5.74, 6) is 0.470. The van der Waals surface area contributed by atoms with Gasteiger partial charge in [0.15, 0.2) is 0 Å². The standard InChI is InChI=1S/C17H16FN3/c1-21(11-12-5-7-15(18)8-6-12)17-14(10-19)9-13-3-2-4-16(13)20-17/h5-9H,2-4,11H2,1H3. The third kappa shape index (κ3) is 2.73. The number of nitrogens with zero attached hydrogens (tertiary/aromatic N) is 3. The van der Waals surface area contributed by atoms with E-state index in [2.05, 4.69) is 11.1 Å². The Bertz CT molecular complexity index is 701. The molecular formula is C17H16FN3. The van der Waals surface area contributed by atoms with Gasteiger partial charge in [-0.1, -0.05) is 12.1 Å². The number of hydrogen-bond donors (Lipinski definition) is 0. The number of hydrogen-bond acceptors (Lipinski definition) is 3. The van der Waals surface area contributed by atoms with Gasteiger partial charge in [-0.25, -0.2) is 9.37 Å². The summed E-state index contributed by atoms with van der Waals surface area (Å²) >= 11 is 0. The molecule has 106 valence electrons. The largest absolute Gasteiger partial charge is 0.354 e. The van der Waals surface area contributed by atoms with Gasteiger partial charge in [-0.15, -0.1) is 0 Å². The van der Waals surface area contributed by atoms with Crippen LogP contribution >= 0.6 is 0 Å². The summed E-state index contributed by atoms with van der Waals surface area (Å²) in [6.07, 6.45) is 3.11. The lowest BCUT2D eigenvalue weighted by molar-refractivity contribution is 0.627. The van der Waals surface area contributed by atoms with Crippen LogP contribution in [0.25, 0.3) is 0 Å².